The van der Waals surface area contributed by atoms with Gasteiger partial charge in [-0.15, -0.1) is 0 Å². The van der Waals surface area contributed by atoms with Gasteiger partial charge in [0, 0.05) is 48.9 Å². The number of hydrogen-bond donors (Lipinski definition) is 1. The normalized spacial score (nSPS) is 18.2. The maximum Gasteiger partial charge on any atom is 0.158 e. The van der Waals surface area contributed by atoms with Crippen LogP contribution < -0.4 is 0 Å². The third-order valence-corrected chi connectivity index (χ3v) is 4.90. The number of piperidine rings is 1. The first-order valence-electron chi connectivity index (χ1n) is 8.99. The van der Waals surface area contributed by atoms with Gasteiger partial charge in [0.15, 0.2) is 5.82 Å². The van der Waals surface area contributed by atoms with Crippen LogP contribution in [0.25, 0.3) is 11.5 Å². The maximum absolute atomic E-state index is 14.0. The molecule has 2 aromatic heterocycles. The molecule has 0 bridgehead atoms. The predicted molar refractivity (Wildman–Crippen MR) is 98.0 cm³/mol. The number of likely N-dealkylation sites (tertiary alicyclic amines) is 1. The van der Waals surface area contributed by atoms with Gasteiger partial charge in [0.05, 0.1) is 5.69 Å². The van der Waals surface area contributed by atoms with Crippen molar-refractivity contribution < 1.29 is 4.39 Å². The number of imidazole rings is 1. The van der Waals surface area contributed by atoms with Crippen LogP contribution in [0.15, 0.2) is 42.9 Å². The monoisotopic (exact) mass is 351 g/mol. The molecule has 1 atom stereocenters. The van der Waals surface area contributed by atoms with Gasteiger partial charge in [0.2, 0.25) is 0 Å². The summed E-state index contributed by atoms with van der Waals surface area (Å²) >= 11 is 0. The summed E-state index contributed by atoms with van der Waals surface area (Å²) in [5.41, 5.74) is 3.54. The molecule has 3 heterocycles. The minimum atomic E-state index is -0.138. The smallest absolute Gasteiger partial charge is 0.158 e. The molecule has 5 nitrogen and oxygen atoms in total. The number of benzene rings is 1. The summed E-state index contributed by atoms with van der Waals surface area (Å²) in [4.78, 5) is 19.1. The highest BCUT2D eigenvalue weighted by Crippen LogP contribution is 2.31. The average molecular weight is 351 g/mol. The third kappa shape index (κ3) is 3.51. The lowest BCUT2D eigenvalue weighted by atomic mass is 9.92. The van der Waals surface area contributed by atoms with Crippen molar-refractivity contribution in [1.29, 1.82) is 0 Å². The molecule has 1 fully saturated rings. The Morgan fingerprint density at radius 1 is 1.19 bits per heavy atom. The van der Waals surface area contributed by atoms with E-state index < -0.39 is 0 Å². The highest BCUT2D eigenvalue weighted by atomic mass is 19.1. The van der Waals surface area contributed by atoms with E-state index in [0.717, 1.165) is 54.4 Å². The molecule has 6 heteroatoms. The van der Waals surface area contributed by atoms with Crippen LogP contribution in [0.2, 0.25) is 0 Å². The number of halogens is 1. The lowest BCUT2D eigenvalue weighted by molar-refractivity contribution is 0.196. The topological polar surface area (TPSA) is 57.7 Å². The Balaban J connectivity index is 1.56. The SMILES string of the molecule is Cc1cnc(-c2nccnc2C2CCCN(Cc3ccccc3F)C2)[nH]1. The molecular formula is C20H22FN5. The third-order valence-electron chi connectivity index (χ3n) is 4.90. The van der Waals surface area contributed by atoms with Crippen LogP contribution in [-0.4, -0.2) is 37.9 Å². The number of hydrogen-bond acceptors (Lipinski definition) is 4. The van der Waals surface area contributed by atoms with Gasteiger partial charge in [-0.2, -0.15) is 0 Å². The Bertz CT molecular complexity index is 891. The number of aryl methyl sites for hydroxylation is 1. The lowest BCUT2D eigenvalue weighted by Crippen LogP contribution is -2.34. The van der Waals surface area contributed by atoms with Crippen molar-refractivity contribution in [2.45, 2.75) is 32.2 Å². The molecule has 1 unspecified atom stereocenters. The average Bonchev–Trinajstić information content (AvgIpc) is 3.10. The fourth-order valence-electron chi connectivity index (χ4n) is 3.65. The molecule has 0 radical (unpaired) electrons. The maximum atomic E-state index is 14.0. The second-order valence-electron chi connectivity index (χ2n) is 6.87. The van der Waals surface area contributed by atoms with Gasteiger partial charge in [-0.25, -0.2) is 14.4 Å². The second-order valence-corrected chi connectivity index (χ2v) is 6.87. The van der Waals surface area contributed by atoms with E-state index in [1.807, 2.05) is 19.1 Å². The van der Waals surface area contributed by atoms with Gasteiger partial charge in [-0.1, -0.05) is 18.2 Å². The Labute approximate surface area is 152 Å². The Morgan fingerprint density at radius 2 is 2.04 bits per heavy atom. The number of nitrogens with zero attached hydrogens (tertiary/aromatic N) is 4. The summed E-state index contributed by atoms with van der Waals surface area (Å²) < 4.78 is 14.0. The first kappa shape index (κ1) is 16.8. The number of aromatic nitrogens is 4. The quantitative estimate of drug-likeness (QED) is 0.779. The summed E-state index contributed by atoms with van der Waals surface area (Å²) in [6.45, 7) is 4.42. The molecule has 0 saturated carbocycles. The zero-order valence-corrected chi connectivity index (χ0v) is 14.8. The summed E-state index contributed by atoms with van der Waals surface area (Å²) in [6.07, 6.45) is 7.37. The van der Waals surface area contributed by atoms with Crippen molar-refractivity contribution in [3.8, 4) is 11.5 Å². The molecule has 26 heavy (non-hydrogen) atoms. The van der Waals surface area contributed by atoms with Crippen LogP contribution in [0, 0.1) is 12.7 Å². The summed E-state index contributed by atoms with van der Waals surface area (Å²) in [5.74, 6) is 0.891. The van der Waals surface area contributed by atoms with Gasteiger partial charge < -0.3 is 4.98 Å². The highest BCUT2D eigenvalue weighted by Gasteiger charge is 2.26. The lowest BCUT2D eigenvalue weighted by Gasteiger charge is -2.32. The molecular weight excluding hydrogens is 329 g/mol. The van der Waals surface area contributed by atoms with E-state index in [2.05, 4.69) is 24.8 Å². The zero-order chi connectivity index (χ0) is 17.9. The van der Waals surface area contributed by atoms with Crippen LogP contribution in [0.5, 0.6) is 0 Å². The van der Waals surface area contributed by atoms with Crippen molar-refractivity contribution in [3.05, 3.63) is 65.6 Å². The molecule has 0 spiro atoms. The van der Waals surface area contributed by atoms with Gasteiger partial charge in [0.25, 0.3) is 0 Å². The molecule has 4 rings (SSSR count). The molecule has 1 saturated heterocycles. The molecule has 1 aromatic carbocycles. The fraction of sp³-hybridized carbons (Fsp3) is 0.350. The van der Waals surface area contributed by atoms with Crippen LogP contribution in [-0.2, 0) is 6.54 Å². The van der Waals surface area contributed by atoms with Gasteiger partial charge >= 0.3 is 0 Å². The van der Waals surface area contributed by atoms with E-state index in [-0.39, 0.29) is 11.7 Å². The molecule has 1 N–H and O–H groups in total. The van der Waals surface area contributed by atoms with Gasteiger partial charge in [0.1, 0.15) is 11.5 Å². The Kier molecular flexibility index (Phi) is 4.75. The number of aromatic amines is 1. The second kappa shape index (κ2) is 7.33. The molecule has 0 amide bonds. The van der Waals surface area contributed by atoms with Gasteiger partial charge in [-0.3, -0.25) is 9.88 Å². The first-order valence-corrected chi connectivity index (χ1v) is 8.99. The van der Waals surface area contributed by atoms with E-state index in [1.165, 1.54) is 6.07 Å². The van der Waals surface area contributed by atoms with Crippen LogP contribution >= 0.6 is 0 Å². The minimum absolute atomic E-state index is 0.138. The highest BCUT2D eigenvalue weighted by molar-refractivity contribution is 5.53. The zero-order valence-electron chi connectivity index (χ0n) is 14.8. The molecule has 3 aromatic rings. The van der Waals surface area contributed by atoms with Crippen LogP contribution in [0.4, 0.5) is 4.39 Å². The van der Waals surface area contributed by atoms with E-state index in [0.29, 0.717) is 6.54 Å². The molecule has 134 valence electrons. The minimum Gasteiger partial charge on any atom is -0.341 e. The van der Waals surface area contributed by atoms with Crippen molar-refractivity contribution >= 4 is 0 Å². The van der Waals surface area contributed by atoms with E-state index in [1.54, 1.807) is 24.7 Å². The Hall–Kier alpha value is -2.60. The summed E-state index contributed by atoms with van der Waals surface area (Å²) in [7, 11) is 0. The number of nitrogens with one attached hydrogen (secondary N) is 1. The fourth-order valence-corrected chi connectivity index (χ4v) is 3.65. The number of H-pyrrole nitrogens is 1. The first-order chi connectivity index (χ1) is 12.7. The van der Waals surface area contributed by atoms with Crippen LogP contribution in [0.1, 0.15) is 35.7 Å². The molecule has 1 aliphatic rings. The number of rotatable bonds is 4. The molecule has 1 aliphatic heterocycles. The standard InChI is InChI=1S/C20H22FN5/c1-14-11-24-20(25-14)19-18(22-8-9-23-19)16-6-4-10-26(13-16)12-15-5-2-3-7-17(15)21/h2-3,5,7-9,11,16H,4,6,10,12-13H2,1H3,(H,24,25). The van der Waals surface area contributed by atoms with E-state index in [9.17, 15) is 4.39 Å². The van der Waals surface area contributed by atoms with Crippen LogP contribution in [0.3, 0.4) is 0 Å². The Morgan fingerprint density at radius 3 is 2.85 bits per heavy atom. The van der Waals surface area contributed by atoms with E-state index >= 15 is 0 Å². The van der Waals surface area contributed by atoms with Gasteiger partial charge in [-0.05, 0) is 32.4 Å². The predicted octanol–water partition coefficient (Wildman–Crippen LogP) is 3.69. The summed E-state index contributed by atoms with van der Waals surface area (Å²) in [5, 5.41) is 0. The van der Waals surface area contributed by atoms with Crippen molar-refractivity contribution in [2.24, 2.45) is 0 Å². The summed E-state index contributed by atoms with van der Waals surface area (Å²) in [6, 6.07) is 7.00. The van der Waals surface area contributed by atoms with Crippen molar-refractivity contribution in [3.63, 3.8) is 0 Å². The largest absolute Gasteiger partial charge is 0.341 e. The molecule has 0 aliphatic carbocycles. The van der Waals surface area contributed by atoms with E-state index in [4.69, 9.17) is 0 Å². The van der Waals surface area contributed by atoms with Crippen molar-refractivity contribution in [2.75, 3.05) is 13.1 Å². The van der Waals surface area contributed by atoms with Crippen molar-refractivity contribution in [1.82, 2.24) is 24.8 Å².